The SMILES string of the molecule is CC/C=N/NC(=O)COc1ccc(Br)cc1Cl. The van der Waals surface area contributed by atoms with E-state index in [1.54, 1.807) is 24.4 Å². The quantitative estimate of drug-likeness (QED) is 0.670. The van der Waals surface area contributed by atoms with Gasteiger partial charge in [-0.1, -0.05) is 34.5 Å². The Labute approximate surface area is 113 Å². The summed E-state index contributed by atoms with van der Waals surface area (Å²) < 4.78 is 6.10. The van der Waals surface area contributed by atoms with Crippen molar-refractivity contribution in [2.75, 3.05) is 6.61 Å². The van der Waals surface area contributed by atoms with Crippen LogP contribution in [0.3, 0.4) is 0 Å². The molecule has 1 amide bonds. The van der Waals surface area contributed by atoms with E-state index in [4.69, 9.17) is 16.3 Å². The number of carbonyl (C=O) groups excluding carboxylic acids is 1. The van der Waals surface area contributed by atoms with E-state index in [0.717, 1.165) is 10.9 Å². The van der Waals surface area contributed by atoms with E-state index in [9.17, 15) is 4.79 Å². The summed E-state index contributed by atoms with van der Waals surface area (Å²) in [4.78, 5) is 11.3. The van der Waals surface area contributed by atoms with Crippen LogP contribution in [0.4, 0.5) is 0 Å². The van der Waals surface area contributed by atoms with Crippen LogP contribution in [0.25, 0.3) is 0 Å². The monoisotopic (exact) mass is 318 g/mol. The van der Waals surface area contributed by atoms with Crippen molar-refractivity contribution in [1.29, 1.82) is 0 Å². The minimum absolute atomic E-state index is 0.123. The van der Waals surface area contributed by atoms with Gasteiger partial charge in [-0.2, -0.15) is 5.10 Å². The molecule has 1 rings (SSSR count). The van der Waals surface area contributed by atoms with Crippen molar-refractivity contribution in [2.24, 2.45) is 5.10 Å². The van der Waals surface area contributed by atoms with Crippen LogP contribution in [0.2, 0.25) is 5.02 Å². The molecule has 1 aromatic carbocycles. The highest BCUT2D eigenvalue weighted by Crippen LogP contribution is 2.27. The number of hydrazone groups is 1. The molecular formula is C11H12BrClN2O2. The smallest absolute Gasteiger partial charge is 0.277 e. The number of halogens is 2. The van der Waals surface area contributed by atoms with Gasteiger partial charge in [-0.05, 0) is 24.6 Å². The molecule has 1 N–H and O–H groups in total. The average molecular weight is 320 g/mol. The number of ether oxygens (including phenoxy) is 1. The highest BCUT2D eigenvalue weighted by molar-refractivity contribution is 9.10. The first-order chi connectivity index (χ1) is 8.13. The number of benzene rings is 1. The first kappa shape index (κ1) is 14.0. The zero-order valence-corrected chi connectivity index (χ0v) is 11.6. The van der Waals surface area contributed by atoms with Crippen molar-refractivity contribution in [3.8, 4) is 5.75 Å². The molecule has 0 spiro atoms. The van der Waals surface area contributed by atoms with Gasteiger partial charge in [-0.25, -0.2) is 5.43 Å². The molecule has 0 radical (unpaired) electrons. The third kappa shape index (κ3) is 5.19. The summed E-state index contributed by atoms with van der Waals surface area (Å²) in [5.41, 5.74) is 2.34. The van der Waals surface area contributed by atoms with Crippen LogP contribution in [0.15, 0.2) is 27.8 Å². The van der Waals surface area contributed by atoms with Gasteiger partial charge in [0, 0.05) is 10.7 Å². The molecule has 92 valence electrons. The highest BCUT2D eigenvalue weighted by Gasteiger charge is 2.05. The standard InChI is InChI=1S/C11H12BrClN2O2/c1-2-5-14-15-11(16)7-17-10-4-3-8(12)6-9(10)13/h3-6H,2,7H2,1H3,(H,15,16)/b14-5+. The lowest BCUT2D eigenvalue weighted by atomic mass is 10.3. The van der Waals surface area contributed by atoms with Crippen LogP contribution in [0.1, 0.15) is 13.3 Å². The van der Waals surface area contributed by atoms with Gasteiger partial charge < -0.3 is 4.74 Å². The summed E-state index contributed by atoms with van der Waals surface area (Å²) in [5.74, 6) is 0.137. The molecule has 1 aromatic rings. The number of carbonyl (C=O) groups is 1. The second-order valence-corrected chi connectivity index (χ2v) is 4.44. The molecule has 0 aliphatic heterocycles. The molecule has 0 fully saturated rings. The Kier molecular flexibility index (Phi) is 6.00. The molecule has 0 saturated heterocycles. The van der Waals surface area contributed by atoms with E-state index in [1.807, 2.05) is 6.92 Å². The maximum atomic E-state index is 11.3. The molecule has 0 heterocycles. The number of rotatable bonds is 5. The molecule has 0 aromatic heterocycles. The van der Waals surface area contributed by atoms with Gasteiger partial charge in [0.1, 0.15) is 5.75 Å². The van der Waals surface area contributed by atoms with Gasteiger partial charge in [-0.15, -0.1) is 0 Å². The third-order valence-corrected chi connectivity index (χ3v) is 2.50. The van der Waals surface area contributed by atoms with E-state index >= 15 is 0 Å². The van der Waals surface area contributed by atoms with Crippen molar-refractivity contribution in [1.82, 2.24) is 5.43 Å². The first-order valence-electron chi connectivity index (χ1n) is 5.01. The summed E-state index contributed by atoms with van der Waals surface area (Å²) in [5, 5.41) is 4.14. The molecule has 17 heavy (non-hydrogen) atoms. The fraction of sp³-hybridized carbons (Fsp3) is 0.273. The van der Waals surface area contributed by atoms with E-state index in [2.05, 4.69) is 26.5 Å². The van der Waals surface area contributed by atoms with Gasteiger partial charge in [0.15, 0.2) is 6.61 Å². The number of hydrogen-bond donors (Lipinski definition) is 1. The van der Waals surface area contributed by atoms with Crippen LogP contribution >= 0.6 is 27.5 Å². The molecular weight excluding hydrogens is 307 g/mol. The van der Waals surface area contributed by atoms with Crippen molar-refractivity contribution in [3.05, 3.63) is 27.7 Å². The Bertz CT molecular complexity index is 424. The van der Waals surface area contributed by atoms with Crippen LogP contribution in [0, 0.1) is 0 Å². The second-order valence-electron chi connectivity index (χ2n) is 3.12. The van der Waals surface area contributed by atoms with Crippen molar-refractivity contribution in [2.45, 2.75) is 13.3 Å². The number of hydrogen-bond acceptors (Lipinski definition) is 3. The summed E-state index contributed by atoms with van der Waals surface area (Å²) >= 11 is 9.20. The summed E-state index contributed by atoms with van der Waals surface area (Å²) in [6.45, 7) is 1.80. The summed E-state index contributed by atoms with van der Waals surface area (Å²) in [7, 11) is 0. The van der Waals surface area contributed by atoms with Crippen LogP contribution in [0.5, 0.6) is 5.75 Å². The first-order valence-corrected chi connectivity index (χ1v) is 6.18. The normalized spacial score (nSPS) is 10.5. The van der Waals surface area contributed by atoms with Gasteiger partial charge >= 0.3 is 0 Å². The minimum Gasteiger partial charge on any atom is -0.482 e. The lowest BCUT2D eigenvalue weighted by molar-refractivity contribution is -0.123. The van der Waals surface area contributed by atoms with Gasteiger partial charge in [0.05, 0.1) is 5.02 Å². The maximum absolute atomic E-state index is 11.3. The lowest BCUT2D eigenvalue weighted by Gasteiger charge is -2.06. The van der Waals surface area contributed by atoms with E-state index < -0.39 is 0 Å². The largest absolute Gasteiger partial charge is 0.482 e. The number of amides is 1. The fourth-order valence-electron chi connectivity index (χ4n) is 0.977. The van der Waals surface area contributed by atoms with E-state index in [0.29, 0.717) is 10.8 Å². The Morgan fingerprint density at radius 3 is 3.06 bits per heavy atom. The molecule has 0 bridgehead atoms. The predicted molar refractivity (Wildman–Crippen MR) is 71.6 cm³/mol. The fourth-order valence-corrected chi connectivity index (χ4v) is 1.70. The molecule has 4 nitrogen and oxygen atoms in total. The van der Waals surface area contributed by atoms with Gasteiger partial charge in [0.25, 0.3) is 5.91 Å². The minimum atomic E-state index is -0.325. The Balaban J connectivity index is 2.44. The Hall–Kier alpha value is -1.07. The third-order valence-electron chi connectivity index (χ3n) is 1.72. The van der Waals surface area contributed by atoms with Crippen LogP contribution in [-0.2, 0) is 4.79 Å². The molecule has 0 aliphatic carbocycles. The van der Waals surface area contributed by atoms with Crippen LogP contribution in [-0.4, -0.2) is 18.7 Å². The molecule has 0 saturated carbocycles. The zero-order chi connectivity index (χ0) is 12.7. The van der Waals surface area contributed by atoms with Crippen molar-refractivity contribution in [3.63, 3.8) is 0 Å². The predicted octanol–water partition coefficient (Wildman–Crippen LogP) is 2.99. The zero-order valence-electron chi connectivity index (χ0n) is 9.24. The molecule has 6 heteroatoms. The van der Waals surface area contributed by atoms with Crippen molar-refractivity contribution >= 4 is 39.7 Å². The average Bonchev–Trinajstić information content (AvgIpc) is 2.28. The molecule has 0 aliphatic rings. The number of nitrogens with zero attached hydrogens (tertiary/aromatic N) is 1. The Morgan fingerprint density at radius 2 is 2.41 bits per heavy atom. The second kappa shape index (κ2) is 7.29. The summed E-state index contributed by atoms with van der Waals surface area (Å²) in [6, 6.07) is 5.17. The van der Waals surface area contributed by atoms with Gasteiger partial charge in [0.2, 0.25) is 0 Å². The van der Waals surface area contributed by atoms with Gasteiger partial charge in [-0.3, -0.25) is 4.79 Å². The molecule has 0 unspecified atom stereocenters. The van der Waals surface area contributed by atoms with Crippen LogP contribution < -0.4 is 10.2 Å². The number of nitrogens with one attached hydrogen (secondary N) is 1. The molecule has 0 atom stereocenters. The highest BCUT2D eigenvalue weighted by atomic mass is 79.9. The van der Waals surface area contributed by atoms with E-state index in [-0.39, 0.29) is 12.5 Å². The maximum Gasteiger partial charge on any atom is 0.277 e. The van der Waals surface area contributed by atoms with E-state index in [1.165, 1.54) is 0 Å². The lowest BCUT2D eigenvalue weighted by Crippen LogP contribution is -2.24. The van der Waals surface area contributed by atoms with Crippen molar-refractivity contribution < 1.29 is 9.53 Å². The Morgan fingerprint density at radius 1 is 1.65 bits per heavy atom. The summed E-state index contributed by atoms with van der Waals surface area (Å²) in [6.07, 6.45) is 2.37. The topological polar surface area (TPSA) is 50.7 Å².